The van der Waals surface area contributed by atoms with Crippen LogP contribution in [0.2, 0.25) is 0 Å². The van der Waals surface area contributed by atoms with Gasteiger partial charge in [-0.1, -0.05) is 0 Å². The van der Waals surface area contributed by atoms with Crippen LogP contribution < -0.4 is 5.32 Å². The predicted octanol–water partition coefficient (Wildman–Crippen LogP) is -0.305. The maximum Gasteiger partial charge on any atom is 0.238 e. The predicted molar refractivity (Wildman–Crippen MR) is 58.2 cm³/mol. The summed E-state index contributed by atoms with van der Waals surface area (Å²) in [7, 11) is -3.39. The van der Waals surface area contributed by atoms with Gasteiger partial charge in [-0.25, -0.2) is 8.42 Å². The number of hydrogen-bond acceptors (Lipinski definition) is 4. The first kappa shape index (κ1) is 14.4. The Kier molecular flexibility index (Phi) is 4.30. The molecule has 5 nitrogen and oxygen atoms in total. The van der Waals surface area contributed by atoms with Gasteiger partial charge in [-0.2, -0.15) is 0 Å². The molecule has 2 atom stereocenters. The van der Waals surface area contributed by atoms with Crippen molar-refractivity contribution in [2.24, 2.45) is 0 Å². The van der Waals surface area contributed by atoms with E-state index in [4.69, 9.17) is 0 Å². The van der Waals surface area contributed by atoms with Crippen LogP contribution in [-0.4, -0.2) is 42.6 Å². The van der Waals surface area contributed by atoms with Crippen LogP contribution in [0.5, 0.6) is 0 Å². The highest BCUT2D eigenvalue weighted by Gasteiger charge is 2.31. The molecule has 0 saturated heterocycles. The van der Waals surface area contributed by atoms with Gasteiger partial charge in [-0.15, -0.1) is 0 Å². The van der Waals surface area contributed by atoms with Gasteiger partial charge in [0.15, 0.2) is 9.84 Å². The maximum absolute atomic E-state index is 11.5. The topological polar surface area (TPSA) is 83.5 Å². The van der Waals surface area contributed by atoms with Crippen molar-refractivity contribution in [3.05, 3.63) is 0 Å². The Morgan fingerprint density at radius 1 is 1.33 bits per heavy atom. The Bertz CT molecular complexity index is 332. The minimum absolute atomic E-state index is 0.594. The van der Waals surface area contributed by atoms with Crippen molar-refractivity contribution < 1.29 is 18.3 Å². The van der Waals surface area contributed by atoms with E-state index >= 15 is 0 Å². The first-order valence-electron chi connectivity index (χ1n) is 4.67. The van der Waals surface area contributed by atoms with Gasteiger partial charge >= 0.3 is 0 Å². The first-order valence-corrected chi connectivity index (χ1v) is 6.63. The van der Waals surface area contributed by atoms with E-state index < -0.39 is 32.6 Å². The van der Waals surface area contributed by atoms with Crippen molar-refractivity contribution in [3.63, 3.8) is 0 Å². The zero-order valence-corrected chi connectivity index (χ0v) is 10.6. The summed E-state index contributed by atoms with van der Waals surface area (Å²) in [5.41, 5.74) is -0.837. The molecule has 2 unspecified atom stereocenters. The van der Waals surface area contributed by atoms with Crippen LogP contribution in [0.1, 0.15) is 27.7 Å². The molecular formula is C9H19NO4S. The van der Waals surface area contributed by atoms with Crippen LogP contribution in [0.4, 0.5) is 0 Å². The highest BCUT2D eigenvalue weighted by molar-refractivity contribution is 7.92. The van der Waals surface area contributed by atoms with E-state index in [1.165, 1.54) is 13.8 Å². The third-order valence-electron chi connectivity index (χ3n) is 2.50. The molecule has 0 aliphatic rings. The molecule has 1 amide bonds. The minimum Gasteiger partial charge on any atom is -0.391 e. The lowest BCUT2D eigenvalue weighted by Crippen LogP contribution is -2.54. The zero-order chi connectivity index (χ0) is 12.4. The molecule has 0 saturated carbocycles. The minimum atomic E-state index is -3.39. The summed E-state index contributed by atoms with van der Waals surface area (Å²) in [6.45, 7) is 6.11. The Hall–Kier alpha value is -0.620. The summed E-state index contributed by atoms with van der Waals surface area (Å²) in [4.78, 5) is 11.5. The summed E-state index contributed by atoms with van der Waals surface area (Å²) in [6.07, 6.45) is 0.250. The van der Waals surface area contributed by atoms with Gasteiger partial charge in [0.25, 0.3) is 0 Å². The largest absolute Gasteiger partial charge is 0.391 e. The van der Waals surface area contributed by atoms with Gasteiger partial charge in [0, 0.05) is 6.26 Å². The molecule has 0 aromatic heterocycles. The van der Waals surface area contributed by atoms with Crippen molar-refractivity contribution in [2.45, 2.75) is 44.6 Å². The van der Waals surface area contributed by atoms with Gasteiger partial charge in [-0.3, -0.25) is 4.79 Å². The van der Waals surface area contributed by atoms with Crippen LogP contribution in [0.3, 0.4) is 0 Å². The van der Waals surface area contributed by atoms with Crippen molar-refractivity contribution in [1.29, 1.82) is 0 Å². The number of rotatable bonds is 4. The normalized spacial score (nSPS) is 16.9. The number of nitrogens with one attached hydrogen (secondary N) is 1. The quantitative estimate of drug-likeness (QED) is 0.703. The van der Waals surface area contributed by atoms with Crippen LogP contribution in [0.15, 0.2) is 0 Å². The van der Waals surface area contributed by atoms with E-state index in [0.29, 0.717) is 0 Å². The lowest BCUT2D eigenvalue weighted by molar-refractivity contribution is -0.123. The number of carbonyl (C=O) groups is 1. The lowest BCUT2D eigenvalue weighted by Gasteiger charge is -2.30. The molecule has 0 radical (unpaired) electrons. The number of amides is 1. The summed E-state index contributed by atoms with van der Waals surface area (Å²) < 4.78 is 22.2. The van der Waals surface area contributed by atoms with Crippen LogP contribution in [0.25, 0.3) is 0 Å². The standard InChI is InChI=1S/C9H19NO4S/c1-6(15(5,13)14)8(12)10-9(3,4)7(2)11/h6-7,11H,1-5H3,(H,10,12). The van der Waals surface area contributed by atoms with E-state index in [1.54, 1.807) is 13.8 Å². The zero-order valence-electron chi connectivity index (χ0n) is 9.73. The second-order valence-electron chi connectivity index (χ2n) is 4.36. The SMILES string of the molecule is CC(O)C(C)(C)NC(=O)C(C)S(C)(=O)=O. The molecule has 0 heterocycles. The van der Waals surface area contributed by atoms with Crippen LogP contribution >= 0.6 is 0 Å². The average molecular weight is 237 g/mol. The van der Waals surface area contributed by atoms with Crippen LogP contribution in [0, 0.1) is 0 Å². The fourth-order valence-electron chi connectivity index (χ4n) is 0.718. The van der Waals surface area contributed by atoms with Crippen molar-refractivity contribution in [1.82, 2.24) is 5.32 Å². The molecule has 0 aliphatic heterocycles. The fourth-order valence-corrected chi connectivity index (χ4v) is 1.17. The van der Waals surface area contributed by atoms with Gasteiger partial charge in [0.05, 0.1) is 11.6 Å². The Morgan fingerprint density at radius 2 is 1.73 bits per heavy atom. The highest BCUT2D eigenvalue weighted by atomic mass is 32.2. The summed E-state index contributed by atoms with van der Waals surface area (Å²) in [6, 6.07) is 0. The molecule has 0 spiro atoms. The molecule has 6 heteroatoms. The van der Waals surface area contributed by atoms with E-state index in [9.17, 15) is 18.3 Å². The van der Waals surface area contributed by atoms with Gasteiger partial charge in [0.1, 0.15) is 5.25 Å². The smallest absolute Gasteiger partial charge is 0.238 e. The molecule has 0 rings (SSSR count). The molecule has 0 aromatic rings. The highest BCUT2D eigenvalue weighted by Crippen LogP contribution is 2.10. The summed E-state index contributed by atoms with van der Waals surface area (Å²) >= 11 is 0. The van der Waals surface area contributed by atoms with Gasteiger partial charge in [0.2, 0.25) is 5.91 Å². The summed E-state index contributed by atoms with van der Waals surface area (Å²) in [5.74, 6) is -0.594. The van der Waals surface area contributed by atoms with E-state index in [2.05, 4.69) is 5.32 Å². The number of aliphatic hydroxyl groups is 1. The molecule has 90 valence electrons. The summed E-state index contributed by atoms with van der Waals surface area (Å²) in [5, 5.41) is 10.7. The van der Waals surface area contributed by atoms with E-state index in [0.717, 1.165) is 6.26 Å². The Balaban J connectivity index is 4.66. The Morgan fingerprint density at radius 3 is 2.00 bits per heavy atom. The molecule has 2 N–H and O–H groups in total. The third kappa shape index (κ3) is 4.17. The molecule has 15 heavy (non-hydrogen) atoms. The third-order valence-corrected chi connectivity index (χ3v) is 4.00. The molecule has 0 aliphatic carbocycles. The van der Waals surface area contributed by atoms with Crippen molar-refractivity contribution >= 4 is 15.7 Å². The monoisotopic (exact) mass is 237 g/mol. The molecule has 0 aromatic carbocycles. The van der Waals surface area contributed by atoms with Gasteiger partial charge < -0.3 is 10.4 Å². The Labute approximate surface area is 90.8 Å². The number of sulfone groups is 1. The number of aliphatic hydroxyl groups excluding tert-OH is 1. The number of carbonyl (C=O) groups excluding carboxylic acids is 1. The van der Waals surface area contributed by atoms with E-state index in [-0.39, 0.29) is 0 Å². The van der Waals surface area contributed by atoms with E-state index in [1.807, 2.05) is 0 Å². The number of hydrogen-bond donors (Lipinski definition) is 2. The molecule has 0 bridgehead atoms. The molecule has 0 fully saturated rings. The second kappa shape index (κ2) is 4.49. The fraction of sp³-hybridized carbons (Fsp3) is 0.889. The first-order chi connectivity index (χ1) is 6.48. The van der Waals surface area contributed by atoms with Crippen molar-refractivity contribution in [2.75, 3.05) is 6.26 Å². The van der Waals surface area contributed by atoms with Crippen LogP contribution in [-0.2, 0) is 14.6 Å². The second-order valence-corrected chi connectivity index (χ2v) is 6.72. The molecular weight excluding hydrogens is 218 g/mol. The van der Waals surface area contributed by atoms with Crippen molar-refractivity contribution in [3.8, 4) is 0 Å². The average Bonchev–Trinajstić information content (AvgIpc) is 2.00. The lowest BCUT2D eigenvalue weighted by atomic mass is 9.99. The van der Waals surface area contributed by atoms with Gasteiger partial charge in [-0.05, 0) is 27.7 Å². The maximum atomic E-state index is 11.5.